The topological polar surface area (TPSA) is 64.3 Å². The van der Waals surface area contributed by atoms with Gasteiger partial charge in [0.2, 0.25) is 5.91 Å². The van der Waals surface area contributed by atoms with Crippen LogP contribution in [0.25, 0.3) is 0 Å². The van der Waals surface area contributed by atoms with Crippen LogP contribution in [-0.2, 0) is 4.79 Å². The number of nitrogens with two attached hydrogens (primary N) is 1. The number of anilines is 2. The van der Waals surface area contributed by atoms with Gasteiger partial charge < -0.3 is 15.8 Å². The molecule has 104 valence electrons. The van der Waals surface area contributed by atoms with Gasteiger partial charge in [0.1, 0.15) is 11.6 Å². The van der Waals surface area contributed by atoms with Crippen molar-refractivity contribution in [3.05, 3.63) is 54.3 Å². The first kappa shape index (κ1) is 13.9. The quantitative estimate of drug-likeness (QED) is 0.824. The minimum Gasteiger partial charge on any atom is -0.493 e. The number of nitrogen functional groups attached to an aromatic ring is 1. The number of hydrogen-bond acceptors (Lipinski definition) is 3. The van der Waals surface area contributed by atoms with Gasteiger partial charge in [0.05, 0.1) is 24.4 Å². The molecule has 20 heavy (non-hydrogen) atoms. The van der Waals surface area contributed by atoms with E-state index in [0.717, 1.165) is 0 Å². The Morgan fingerprint density at radius 1 is 1.15 bits per heavy atom. The molecule has 0 unspecified atom stereocenters. The Balaban J connectivity index is 1.78. The van der Waals surface area contributed by atoms with Gasteiger partial charge in [-0.3, -0.25) is 4.79 Å². The molecule has 0 atom stereocenters. The van der Waals surface area contributed by atoms with Crippen molar-refractivity contribution in [1.82, 2.24) is 0 Å². The minimum atomic E-state index is -0.324. The molecule has 0 aliphatic heterocycles. The molecule has 0 aromatic heterocycles. The normalized spacial score (nSPS) is 10.1. The zero-order chi connectivity index (χ0) is 14.4. The van der Waals surface area contributed by atoms with E-state index in [2.05, 4.69) is 5.32 Å². The van der Waals surface area contributed by atoms with Gasteiger partial charge in [0.25, 0.3) is 0 Å². The van der Waals surface area contributed by atoms with Crippen molar-refractivity contribution >= 4 is 17.3 Å². The van der Waals surface area contributed by atoms with E-state index < -0.39 is 0 Å². The Hall–Kier alpha value is -2.56. The average Bonchev–Trinajstić information content (AvgIpc) is 2.44. The first-order chi connectivity index (χ1) is 9.65. The van der Waals surface area contributed by atoms with E-state index in [1.165, 1.54) is 24.3 Å². The van der Waals surface area contributed by atoms with Gasteiger partial charge in [0, 0.05) is 0 Å². The fourth-order valence-corrected chi connectivity index (χ4v) is 1.62. The molecule has 2 aromatic rings. The molecule has 0 fully saturated rings. The number of halogens is 1. The van der Waals surface area contributed by atoms with Gasteiger partial charge in [-0.2, -0.15) is 0 Å². The fraction of sp³-hybridized carbons (Fsp3) is 0.133. The second-order valence-corrected chi connectivity index (χ2v) is 4.19. The van der Waals surface area contributed by atoms with Gasteiger partial charge in [-0.05, 0) is 36.4 Å². The highest BCUT2D eigenvalue weighted by molar-refractivity contribution is 5.93. The summed E-state index contributed by atoms with van der Waals surface area (Å²) >= 11 is 0. The van der Waals surface area contributed by atoms with Crippen LogP contribution in [0.1, 0.15) is 6.42 Å². The summed E-state index contributed by atoms with van der Waals surface area (Å²) in [6.07, 6.45) is 0.186. The molecule has 2 rings (SSSR count). The number of hydrogen-bond donors (Lipinski definition) is 2. The Morgan fingerprint density at radius 3 is 2.55 bits per heavy atom. The van der Waals surface area contributed by atoms with E-state index >= 15 is 0 Å². The number of benzene rings is 2. The molecule has 0 aliphatic rings. The number of amides is 1. The maximum atomic E-state index is 12.7. The summed E-state index contributed by atoms with van der Waals surface area (Å²) in [7, 11) is 0. The first-order valence-electron chi connectivity index (χ1n) is 6.18. The molecule has 3 N–H and O–H groups in total. The molecule has 4 nitrogen and oxygen atoms in total. The molecule has 0 saturated carbocycles. The Bertz CT molecular complexity index is 585. The minimum absolute atomic E-state index is 0.186. The van der Waals surface area contributed by atoms with Gasteiger partial charge >= 0.3 is 0 Å². The second-order valence-electron chi connectivity index (χ2n) is 4.19. The SMILES string of the molecule is Nc1ccccc1NC(=O)CCOc1ccc(F)cc1. The van der Waals surface area contributed by atoms with Crippen molar-refractivity contribution in [2.45, 2.75) is 6.42 Å². The molecule has 5 heteroatoms. The van der Waals surface area contributed by atoms with Gasteiger partial charge in [0.15, 0.2) is 0 Å². The summed E-state index contributed by atoms with van der Waals surface area (Å²) in [5, 5.41) is 2.70. The Labute approximate surface area is 116 Å². The lowest BCUT2D eigenvalue weighted by Crippen LogP contribution is -2.16. The number of carbonyl (C=O) groups is 1. The van der Waals surface area contributed by atoms with Gasteiger partial charge in [-0.15, -0.1) is 0 Å². The van der Waals surface area contributed by atoms with Crippen molar-refractivity contribution in [2.24, 2.45) is 0 Å². The largest absolute Gasteiger partial charge is 0.493 e. The third kappa shape index (κ3) is 3.98. The van der Waals surface area contributed by atoms with Gasteiger partial charge in [-0.25, -0.2) is 4.39 Å². The maximum absolute atomic E-state index is 12.7. The number of ether oxygens (including phenoxy) is 1. The van der Waals surface area contributed by atoms with E-state index in [9.17, 15) is 9.18 Å². The molecular weight excluding hydrogens is 259 g/mol. The molecule has 2 aromatic carbocycles. The van der Waals surface area contributed by atoms with Crippen LogP contribution in [-0.4, -0.2) is 12.5 Å². The van der Waals surface area contributed by atoms with Crippen molar-refractivity contribution in [1.29, 1.82) is 0 Å². The molecule has 1 amide bonds. The average molecular weight is 274 g/mol. The Morgan fingerprint density at radius 2 is 1.85 bits per heavy atom. The molecule has 0 bridgehead atoms. The summed E-state index contributed by atoms with van der Waals surface area (Å²) in [6, 6.07) is 12.7. The number of rotatable bonds is 5. The van der Waals surface area contributed by atoms with E-state index in [1.807, 2.05) is 0 Å². The van der Waals surface area contributed by atoms with E-state index in [1.54, 1.807) is 24.3 Å². The van der Waals surface area contributed by atoms with Crippen LogP contribution in [0, 0.1) is 5.82 Å². The lowest BCUT2D eigenvalue weighted by atomic mass is 10.2. The molecule has 0 saturated heterocycles. The number of carbonyl (C=O) groups excluding carboxylic acids is 1. The molecule has 0 spiro atoms. The lowest BCUT2D eigenvalue weighted by Gasteiger charge is -2.08. The smallest absolute Gasteiger partial charge is 0.227 e. The van der Waals surface area contributed by atoms with Crippen LogP contribution in [0.4, 0.5) is 15.8 Å². The highest BCUT2D eigenvalue weighted by Crippen LogP contribution is 2.17. The summed E-state index contributed by atoms with van der Waals surface area (Å²) in [5.41, 5.74) is 6.82. The van der Waals surface area contributed by atoms with Crippen LogP contribution in [0.5, 0.6) is 5.75 Å². The molecule has 0 aliphatic carbocycles. The number of para-hydroxylation sites is 2. The predicted octanol–water partition coefficient (Wildman–Crippen LogP) is 2.82. The maximum Gasteiger partial charge on any atom is 0.227 e. The predicted molar refractivity (Wildman–Crippen MR) is 76.0 cm³/mol. The molecular formula is C15H15FN2O2. The summed E-state index contributed by atoms with van der Waals surface area (Å²) in [4.78, 5) is 11.7. The van der Waals surface area contributed by atoms with Crippen LogP contribution < -0.4 is 15.8 Å². The number of nitrogens with one attached hydrogen (secondary N) is 1. The van der Waals surface area contributed by atoms with Crippen molar-refractivity contribution in [2.75, 3.05) is 17.7 Å². The standard InChI is InChI=1S/C15H15FN2O2/c16-11-5-7-12(8-6-11)20-10-9-15(19)18-14-4-2-1-3-13(14)17/h1-8H,9-10,17H2,(H,18,19). The summed E-state index contributed by atoms with van der Waals surface area (Å²) in [5.74, 6) is 0.0121. The third-order valence-corrected chi connectivity index (χ3v) is 2.65. The zero-order valence-corrected chi connectivity index (χ0v) is 10.8. The third-order valence-electron chi connectivity index (χ3n) is 2.65. The van der Waals surface area contributed by atoms with Crippen LogP contribution in [0.15, 0.2) is 48.5 Å². The summed E-state index contributed by atoms with van der Waals surface area (Å²) in [6.45, 7) is 0.213. The van der Waals surface area contributed by atoms with Crippen molar-refractivity contribution in [3.63, 3.8) is 0 Å². The van der Waals surface area contributed by atoms with Crippen molar-refractivity contribution in [3.8, 4) is 5.75 Å². The van der Waals surface area contributed by atoms with E-state index in [4.69, 9.17) is 10.5 Å². The lowest BCUT2D eigenvalue weighted by molar-refractivity contribution is -0.116. The van der Waals surface area contributed by atoms with Gasteiger partial charge in [-0.1, -0.05) is 12.1 Å². The first-order valence-corrected chi connectivity index (χ1v) is 6.18. The summed E-state index contributed by atoms with van der Waals surface area (Å²) < 4.78 is 18.0. The molecule has 0 heterocycles. The second kappa shape index (κ2) is 6.56. The van der Waals surface area contributed by atoms with Crippen molar-refractivity contribution < 1.29 is 13.9 Å². The van der Waals surface area contributed by atoms with Crippen LogP contribution in [0.3, 0.4) is 0 Å². The zero-order valence-electron chi connectivity index (χ0n) is 10.8. The molecule has 0 radical (unpaired) electrons. The van der Waals surface area contributed by atoms with Crippen LogP contribution in [0.2, 0.25) is 0 Å². The Kier molecular flexibility index (Phi) is 4.55. The monoisotopic (exact) mass is 274 g/mol. The van der Waals surface area contributed by atoms with E-state index in [-0.39, 0.29) is 24.8 Å². The highest BCUT2D eigenvalue weighted by Gasteiger charge is 2.05. The highest BCUT2D eigenvalue weighted by atomic mass is 19.1. The van der Waals surface area contributed by atoms with E-state index in [0.29, 0.717) is 17.1 Å². The van der Waals surface area contributed by atoms with Crippen LogP contribution >= 0.6 is 0 Å². The fourth-order valence-electron chi connectivity index (χ4n) is 1.62.